The van der Waals surface area contributed by atoms with Gasteiger partial charge < -0.3 is 10.4 Å². The molecule has 1 heterocycles. The maximum absolute atomic E-state index is 13.0. The van der Waals surface area contributed by atoms with Crippen LogP contribution in [0.5, 0.6) is 0 Å². The van der Waals surface area contributed by atoms with Crippen LogP contribution < -0.4 is 5.32 Å². The lowest BCUT2D eigenvalue weighted by molar-refractivity contribution is 0.0937. The quantitative estimate of drug-likeness (QED) is 0.717. The van der Waals surface area contributed by atoms with Gasteiger partial charge >= 0.3 is 0 Å². The maximum atomic E-state index is 13.0. The lowest BCUT2D eigenvalue weighted by Crippen LogP contribution is -2.30. The fourth-order valence-electron chi connectivity index (χ4n) is 0.982. The summed E-state index contributed by atoms with van der Waals surface area (Å²) in [5, 5.41) is 11.2. The highest BCUT2D eigenvalue weighted by Gasteiger charge is 2.12. The Hall–Kier alpha value is -1.49. The Morgan fingerprint density at radius 3 is 3.07 bits per heavy atom. The van der Waals surface area contributed by atoms with Gasteiger partial charge in [0.15, 0.2) is 0 Å². The minimum Gasteiger partial charge on any atom is -0.396 e. The number of aliphatic hydroxyl groups excluding tert-OH is 1. The van der Waals surface area contributed by atoms with Crippen LogP contribution in [-0.4, -0.2) is 29.1 Å². The van der Waals surface area contributed by atoms with Gasteiger partial charge in [-0.15, -0.1) is 0 Å². The average Bonchev–Trinajstić information content (AvgIpc) is 2.26. The van der Waals surface area contributed by atoms with Gasteiger partial charge in [-0.2, -0.15) is 4.39 Å². The molecule has 0 spiro atoms. The summed E-state index contributed by atoms with van der Waals surface area (Å²) in [4.78, 5) is 14.8. The van der Waals surface area contributed by atoms with Crippen LogP contribution in [0.4, 0.5) is 4.39 Å². The van der Waals surface area contributed by atoms with E-state index >= 15 is 0 Å². The van der Waals surface area contributed by atoms with Gasteiger partial charge in [-0.3, -0.25) is 4.79 Å². The van der Waals surface area contributed by atoms with E-state index in [0.717, 1.165) is 0 Å². The van der Waals surface area contributed by atoms with Crippen LogP contribution in [0, 0.1) is 11.9 Å². The largest absolute Gasteiger partial charge is 0.396 e. The molecular formula is C10H13FN2O2. The van der Waals surface area contributed by atoms with Crippen LogP contribution in [0.1, 0.15) is 17.3 Å². The van der Waals surface area contributed by atoms with Crippen LogP contribution in [0.15, 0.2) is 18.3 Å². The lowest BCUT2D eigenvalue weighted by atomic mass is 10.2. The highest BCUT2D eigenvalue weighted by molar-refractivity contribution is 5.94. The first-order chi connectivity index (χ1) is 7.15. The molecular weight excluding hydrogens is 199 g/mol. The number of nitrogens with zero attached hydrogens (tertiary/aromatic N) is 1. The molecule has 0 aliphatic heterocycles. The van der Waals surface area contributed by atoms with E-state index in [2.05, 4.69) is 10.3 Å². The zero-order chi connectivity index (χ0) is 11.3. The average molecular weight is 212 g/mol. The SMILES string of the molecule is CC(CO)CNC(=O)c1cccnc1F. The molecule has 0 aliphatic carbocycles. The fourth-order valence-corrected chi connectivity index (χ4v) is 0.982. The normalized spacial score (nSPS) is 12.2. The Morgan fingerprint density at radius 1 is 1.73 bits per heavy atom. The van der Waals surface area contributed by atoms with E-state index in [-0.39, 0.29) is 18.1 Å². The third-order valence-electron chi connectivity index (χ3n) is 1.93. The second kappa shape index (κ2) is 5.41. The van der Waals surface area contributed by atoms with Crippen molar-refractivity contribution >= 4 is 5.91 Å². The number of aliphatic hydroxyl groups is 1. The molecule has 0 aromatic carbocycles. The highest BCUT2D eigenvalue weighted by Crippen LogP contribution is 2.02. The Bertz CT molecular complexity index is 344. The number of hydrogen-bond acceptors (Lipinski definition) is 3. The van der Waals surface area contributed by atoms with Crippen molar-refractivity contribution in [1.82, 2.24) is 10.3 Å². The summed E-state index contributed by atoms with van der Waals surface area (Å²) >= 11 is 0. The minimum absolute atomic E-state index is 0.0181. The standard InChI is InChI=1S/C10H13FN2O2/c1-7(6-14)5-13-10(15)8-3-2-4-12-9(8)11/h2-4,7,14H,5-6H2,1H3,(H,13,15). The Labute approximate surface area is 87.1 Å². The van der Waals surface area contributed by atoms with Gasteiger partial charge in [0, 0.05) is 19.3 Å². The Kier molecular flexibility index (Phi) is 4.17. The molecule has 1 aromatic rings. The molecule has 0 fully saturated rings. The number of carbonyl (C=O) groups excluding carboxylic acids is 1. The molecule has 0 aliphatic rings. The molecule has 1 rings (SSSR count). The first kappa shape index (κ1) is 11.6. The van der Waals surface area contributed by atoms with Gasteiger partial charge in [0.05, 0.1) is 5.56 Å². The van der Waals surface area contributed by atoms with Gasteiger partial charge in [-0.05, 0) is 18.1 Å². The maximum Gasteiger partial charge on any atom is 0.255 e. The summed E-state index contributed by atoms with van der Waals surface area (Å²) in [7, 11) is 0. The van der Waals surface area contributed by atoms with Gasteiger partial charge in [0.1, 0.15) is 0 Å². The number of hydrogen-bond donors (Lipinski definition) is 2. The van der Waals surface area contributed by atoms with Crippen molar-refractivity contribution in [2.75, 3.05) is 13.2 Å². The topological polar surface area (TPSA) is 62.2 Å². The van der Waals surface area contributed by atoms with E-state index in [9.17, 15) is 9.18 Å². The molecule has 2 N–H and O–H groups in total. The van der Waals surface area contributed by atoms with Crippen LogP contribution in [0.25, 0.3) is 0 Å². The summed E-state index contributed by atoms with van der Waals surface area (Å²) in [6, 6.07) is 2.86. The monoisotopic (exact) mass is 212 g/mol. The molecule has 0 bridgehead atoms. The second-order valence-electron chi connectivity index (χ2n) is 3.34. The van der Waals surface area contributed by atoms with Gasteiger partial charge in [0.2, 0.25) is 5.95 Å². The lowest BCUT2D eigenvalue weighted by Gasteiger charge is -2.09. The van der Waals surface area contributed by atoms with Crippen LogP contribution in [-0.2, 0) is 0 Å². The number of rotatable bonds is 4. The van der Waals surface area contributed by atoms with Gasteiger partial charge in [-0.1, -0.05) is 6.92 Å². The van der Waals surface area contributed by atoms with Crippen molar-refractivity contribution in [2.45, 2.75) is 6.92 Å². The minimum atomic E-state index is -0.786. The predicted molar refractivity (Wildman–Crippen MR) is 52.8 cm³/mol. The van der Waals surface area contributed by atoms with E-state index in [1.807, 2.05) is 0 Å². The number of nitrogens with one attached hydrogen (secondary N) is 1. The van der Waals surface area contributed by atoms with Crippen molar-refractivity contribution in [1.29, 1.82) is 0 Å². The Balaban J connectivity index is 2.58. The van der Waals surface area contributed by atoms with E-state index in [1.165, 1.54) is 18.3 Å². The molecule has 0 saturated heterocycles. The number of amides is 1. The van der Waals surface area contributed by atoms with Crippen molar-refractivity contribution in [2.24, 2.45) is 5.92 Å². The third-order valence-corrected chi connectivity index (χ3v) is 1.93. The number of pyridine rings is 1. The summed E-state index contributed by atoms with van der Waals surface area (Å²) in [5.74, 6) is -1.35. The van der Waals surface area contributed by atoms with Crippen LogP contribution >= 0.6 is 0 Å². The van der Waals surface area contributed by atoms with Crippen LogP contribution in [0.2, 0.25) is 0 Å². The number of halogens is 1. The fraction of sp³-hybridized carbons (Fsp3) is 0.400. The van der Waals surface area contributed by atoms with Crippen molar-refractivity contribution < 1.29 is 14.3 Å². The molecule has 1 aromatic heterocycles. The molecule has 1 amide bonds. The smallest absolute Gasteiger partial charge is 0.255 e. The molecule has 0 saturated carbocycles. The summed E-state index contributed by atoms with van der Waals surface area (Å²) in [6.45, 7) is 2.07. The third kappa shape index (κ3) is 3.28. The first-order valence-electron chi connectivity index (χ1n) is 4.64. The molecule has 0 radical (unpaired) electrons. The van der Waals surface area contributed by atoms with Crippen molar-refractivity contribution in [3.63, 3.8) is 0 Å². The molecule has 82 valence electrons. The molecule has 5 heteroatoms. The molecule has 4 nitrogen and oxygen atoms in total. The van der Waals surface area contributed by atoms with E-state index in [0.29, 0.717) is 6.54 Å². The van der Waals surface area contributed by atoms with Crippen LogP contribution in [0.3, 0.4) is 0 Å². The second-order valence-corrected chi connectivity index (χ2v) is 3.34. The summed E-state index contributed by atoms with van der Waals surface area (Å²) < 4.78 is 13.0. The van der Waals surface area contributed by atoms with Gasteiger partial charge in [0.25, 0.3) is 5.91 Å². The van der Waals surface area contributed by atoms with E-state index in [1.54, 1.807) is 6.92 Å². The summed E-state index contributed by atoms with van der Waals surface area (Å²) in [6.07, 6.45) is 1.28. The number of aromatic nitrogens is 1. The van der Waals surface area contributed by atoms with Crippen molar-refractivity contribution in [3.8, 4) is 0 Å². The van der Waals surface area contributed by atoms with Gasteiger partial charge in [-0.25, -0.2) is 4.98 Å². The highest BCUT2D eigenvalue weighted by atomic mass is 19.1. The zero-order valence-corrected chi connectivity index (χ0v) is 8.40. The molecule has 1 atom stereocenters. The molecule has 1 unspecified atom stereocenters. The van der Waals surface area contributed by atoms with Crippen molar-refractivity contribution in [3.05, 3.63) is 29.8 Å². The zero-order valence-electron chi connectivity index (χ0n) is 8.40. The first-order valence-corrected chi connectivity index (χ1v) is 4.64. The predicted octanol–water partition coefficient (Wildman–Crippen LogP) is 0.579. The van der Waals surface area contributed by atoms with E-state index < -0.39 is 11.9 Å². The summed E-state index contributed by atoms with van der Waals surface area (Å²) in [5.41, 5.74) is -0.0809. The Morgan fingerprint density at radius 2 is 2.47 bits per heavy atom. The molecule has 15 heavy (non-hydrogen) atoms. The van der Waals surface area contributed by atoms with E-state index in [4.69, 9.17) is 5.11 Å². The number of carbonyl (C=O) groups is 1.